The summed E-state index contributed by atoms with van der Waals surface area (Å²) in [6, 6.07) is 15.3. The second-order valence-electron chi connectivity index (χ2n) is 5.38. The minimum absolute atomic E-state index is 0.181. The Morgan fingerprint density at radius 3 is 2.83 bits per heavy atom. The van der Waals surface area contributed by atoms with Crippen LogP contribution in [0.15, 0.2) is 54.9 Å². The van der Waals surface area contributed by atoms with Crippen LogP contribution >= 0.6 is 11.3 Å². The number of hydrogen-bond donors (Lipinski definition) is 2. The zero-order valence-electron chi connectivity index (χ0n) is 12.9. The number of aromatic amines is 1. The number of aryl methyl sites for hydroxylation is 1. The van der Waals surface area contributed by atoms with Gasteiger partial charge in [-0.2, -0.15) is 0 Å². The highest BCUT2D eigenvalue weighted by molar-refractivity contribution is 7.16. The molecule has 2 aromatic carbocycles. The Labute approximate surface area is 142 Å². The molecule has 4 aromatic rings. The molecule has 2 N–H and O–H groups in total. The van der Waals surface area contributed by atoms with Crippen molar-refractivity contribution in [1.29, 1.82) is 0 Å². The third kappa shape index (κ3) is 2.68. The summed E-state index contributed by atoms with van der Waals surface area (Å²) < 4.78 is 0. The van der Waals surface area contributed by atoms with Crippen LogP contribution in [0.3, 0.4) is 0 Å². The van der Waals surface area contributed by atoms with Crippen molar-refractivity contribution in [2.45, 2.75) is 6.92 Å². The van der Waals surface area contributed by atoms with Gasteiger partial charge in [0.25, 0.3) is 5.91 Å². The minimum Gasteiger partial charge on any atom is -0.345 e. The monoisotopic (exact) mass is 334 g/mol. The van der Waals surface area contributed by atoms with Gasteiger partial charge in [0.1, 0.15) is 0 Å². The molecule has 2 heterocycles. The van der Waals surface area contributed by atoms with Crippen LogP contribution in [0.2, 0.25) is 0 Å². The number of amides is 1. The lowest BCUT2D eigenvalue weighted by atomic mass is 10.1. The van der Waals surface area contributed by atoms with Gasteiger partial charge in [0.2, 0.25) is 0 Å². The van der Waals surface area contributed by atoms with Gasteiger partial charge < -0.3 is 4.98 Å². The molecule has 5 nitrogen and oxygen atoms in total. The van der Waals surface area contributed by atoms with Crippen LogP contribution in [0, 0.1) is 6.92 Å². The molecule has 0 aliphatic heterocycles. The van der Waals surface area contributed by atoms with Gasteiger partial charge >= 0.3 is 0 Å². The van der Waals surface area contributed by atoms with Crippen LogP contribution < -0.4 is 5.32 Å². The van der Waals surface area contributed by atoms with Crippen molar-refractivity contribution >= 4 is 33.4 Å². The molecule has 0 aliphatic rings. The van der Waals surface area contributed by atoms with Crippen LogP contribution in [-0.2, 0) is 0 Å². The largest absolute Gasteiger partial charge is 0.345 e. The van der Waals surface area contributed by atoms with E-state index >= 15 is 0 Å². The smallest absolute Gasteiger partial charge is 0.257 e. The maximum Gasteiger partial charge on any atom is 0.257 e. The first-order valence-electron chi connectivity index (χ1n) is 7.48. The first kappa shape index (κ1) is 14.6. The van der Waals surface area contributed by atoms with Crippen molar-refractivity contribution in [3.05, 3.63) is 65.3 Å². The van der Waals surface area contributed by atoms with Crippen molar-refractivity contribution in [3.8, 4) is 11.3 Å². The maximum absolute atomic E-state index is 12.5. The van der Waals surface area contributed by atoms with Crippen molar-refractivity contribution < 1.29 is 4.79 Å². The third-order valence-corrected chi connectivity index (χ3v) is 4.63. The number of aromatic nitrogens is 3. The molecule has 24 heavy (non-hydrogen) atoms. The van der Waals surface area contributed by atoms with Gasteiger partial charge in [-0.25, -0.2) is 9.97 Å². The molecule has 1 amide bonds. The molecule has 0 fully saturated rings. The fraction of sp³-hybridized carbons (Fsp3) is 0.0556. The van der Waals surface area contributed by atoms with Gasteiger partial charge in [-0.3, -0.25) is 10.1 Å². The van der Waals surface area contributed by atoms with E-state index in [0.717, 1.165) is 27.2 Å². The fourth-order valence-corrected chi connectivity index (χ4v) is 3.39. The van der Waals surface area contributed by atoms with E-state index in [2.05, 4.69) is 20.3 Å². The van der Waals surface area contributed by atoms with Crippen molar-refractivity contribution in [2.75, 3.05) is 5.32 Å². The average Bonchev–Trinajstić information content (AvgIpc) is 3.21. The van der Waals surface area contributed by atoms with Gasteiger partial charge in [-0.15, -0.1) is 11.3 Å². The molecule has 0 spiro atoms. The van der Waals surface area contributed by atoms with E-state index in [-0.39, 0.29) is 5.91 Å². The number of anilines is 1. The van der Waals surface area contributed by atoms with E-state index in [1.165, 1.54) is 11.3 Å². The second-order valence-corrected chi connectivity index (χ2v) is 6.58. The number of benzene rings is 2. The number of carbonyl (C=O) groups is 1. The first-order chi connectivity index (χ1) is 11.7. The zero-order valence-corrected chi connectivity index (χ0v) is 13.7. The molecule has 0 unspecified atom stereocenters. The van der Waals surface area contributed by atoms with Crippen molar-refractivity contribution in [2.24, 2.45) is 0 Å². The Kier molecular flexibility index (Phi) is 3.59. The predicted molar refractivity (Wildman–Crippen MR) is 96.3 cm³/mol. The second kappa shape index (κ2) is 5.90. The van der Waals surface area contributed by atoms with Gasteiger partial charge in [0.15, 0.2) is 5.13 Å². The number of H-pyrrole nitrogens is 1. The standard InChI is InChI=1S/C18H14N4OS/c1-11-16(12-5-3-2-4-6-12)21-18(24-11)22-17(23)13-7-8-14-15(9-13)20-10-19-14/h2-10H,1H3,(H,19,20)(H,21,22,23). The van der Waals surface area contributed by atoms with Gasteiger partial charge in [-0.05, 0) is 25.1 Å². The van der Waals surface area contributed by atoms with E-state index < -0.39 is 0 Å². The van der Waals surface area contributed by atoms with E-state index in [4.69, 9.17) is 0 Å². The molecule has 6 heteroatoms. The van der Waals surface area contributed by atoms with Crippen molar-refractivity contribution in [1.82, 2.24) is 15.0 Å². The number of rotatable bonds is 3. The van der Waals surface area contributed by atoms with Gasteiger partial charge in [-0.1, -0.05) is 30.3 Å². The first-order valence-corrected chi connectivity index (χ1v) is 8.30. The summed E-state index contributed by atoms with van der Waals surface area (Å²) in [5, 5.41) is 3.48. The highest BCUT2D eigenvalue weighted by Crippen LogP contribution is 2.30. The third-order valence-electron chi connectivity index (χ3n) is 3.75. The van der Waals surface area contributed by atoms with Gasteiger partial charge in [0.05, 0.1) is 23.1 Å². The number of nitrogens with zero attached hydrogens (tertiary/aromatic N) is 2. The number of fused-ring (bicyclic) bond motifs is 1. The van der Waals surface area contributed by atoms with E-state index in [1.54, 1.807) is 18.5 Å². The minimum atomic E-state index is -0.181. The average molecular weight is 334 g/mol. The van der Waals surface area contributed by atoms with E-state index in [1.807, 2.05) is 43.3 Å². The Bertz CT molecular complexity index is 1020. The number of hydrogen-bond acceptors (Lipinski definition) is 4. The SMILES string of the molecule is Cc1sc(NC(=O)c2ccc3nc[nH]c3c2)nc1-c1ccccc1. The lowest BCUT2D eigenvalue weighted by molar-refractivity contribution is 0.102. The molecule has 0 atom stereocenters. The lowest BCUT2D eigenvalue weighted by Crippen LogP contribution is -2.11. The summed E-state index contributed by atoms with van der Waals surface area (Å²) in [7, 11) is 0. The van der Waals surface area contributed by atoms with Crippen LogP contribution in [0.4, 0.5) is 5.13 Å². The lowest BCUT2D eigenvalue weighted by Gasteiger charge is -2.01. The van der Waals surface area contributed by atoms with E-state index in [9.17, 15) is 4.79 Å². The maximum atomic E-state index is 12.5. The molecule has 118 valence electrons. The quantitative estimate of drug-likeness (QED) is 0.588. The summed E-state index contributed by atoms with van der Waals surface area (Å²) in [6.45, 7) is 2.01. The van der Waals surface area contributed by atoms with Crippen LogP contribution in [-0.4, -0.2) is 20.9 Å². The highest BCUT2D eigenvalue weighted by Gasteiger charge is 2.13. The zero-order chi connectivity index (χ0) is 16.5. The molecular weight excluding hydrogens is 320 g/mol. The number of thiazole rings is 1. The highest BCUT2D eigenvalue weighted by atomic mass is 32.1. The summed E-state index contributed by atoms with van der Waals surface area (Å²) in [4.78, 5) is 25.3. The Morgan fingerprint density at radius 1 is 1.17 bits per heavy atom. The molecular formula is C18H14N4OS. The summed E-state index contributed by atoms with van der Waals surface area (Å²) in [5.41, 5.74) is 4.19. The van der Waals surface area contributed by atoms with Crippen LogP contribution in [0.5, 0.6) is 0 Å². The summed E-state index contributed by atoms with van der Waals surface area (Å²) >= 11 is 1.47. The molecule has 0 saturated carbocycles. The predicted octanol–water partition coefficient (Wildman–Crippen LogP) is 4.25. The topological polar surface area (TPSA) is 70.7 Å². The molecule has 0 radical (unpaired) electrons. The van der Waals surface area contributed by atoms with Crippen molar-refractivity contribution in [3.63, 3.8) is 0 Å². The molecule has 0 bridgehead atoms. The Hall–Kier alpha value is -2.99. The molecule has 2 aromatic heterocycles. The molecule has 0 saturated heterocycles. The molecule has 0 aliphatic carbocycles. The molecule has 4 rings (SSSR count). The summed E-state index contributed by atoms with van der Waals surface area (Å²) in [5.74, 6) is -0.181. The number of carbonyl (C=O) groups excluding carboxylic acids is 1. The number of imidazole rings is 1. The Morgan fingerprint density at radius 2 is 2.00 bits per heavy atom. The number of nitrogens with one attached hydrogen (secondary N) is 2. The normalized spacial score (nSPS) is 10.9. The summed E-state index contributed by atoms with van der Waals surface area (Å²) in [6.07, 6.45) is 1.61. The van der Waals surface area contributed by atoms with Gasteiger partial charge in [0, 0.05) is 16.0 Å². The van der Waals surface area contributed by atoms with E-state index in [0.29, 0.717) is 10.7 Å². The fourth-order valence-electron chi connectivity index (χ4n) is 2.56. The van der Waals surface area contributed by atoms with Crippen LogP contribution in [0.25, 0.3) is 22.3 Å². The Balaban J connectivity index is 1.60. The van der Waals surface area contributed by atoms with Crippen LogP contribution in [0.1, 0.15) is 15.2 Å².